The predicted octanol–water partition coefficient (Wildman–Crippen LogP) is 4.71. The van der Waals surface area contributed by atoms with Gasteiger partial charge in [-0.05, 0) is 25.5 Å². The fraction of sp³-hybridized carbons (Fsp3) is 0.294. The summed E-state index contributed by atoms with van der Waals surface area (Å²) < 4.78 is 11.6. The smallest absolute Gasteiger partial charge is 0.166 e. The molecule has 0 aliphatic carbocycles. The summed E-state index contributed by atoms with van der Waals surface area (Å²) in [5.41, 5.74) is 3.31. The van der Waals surface area contributed by atoms with Crippen molar-refractivity contribution in [2.24, 2.45) is 0 Å². The van der Waals surface area contributed by atoms with Crippen molar-refractivity contribution < 1.29 is 9.47 Å². The molecule has 106 valence electrons. The molecule has 0 saturated carbocycles. The van der Waals surface area contributed by atoms with Gasteiger partial charge in [0.25, 0.3) is 0 Å². The van der Waals surface area contributed by atoms with E-state index in [0.29, 0.717) is 19.1 Å². The van der Waals surface area contributed by atoms with Crippen LogP contribution in [0.1, 0.15) is 23.6 Å². The molecule has 2 rings (SSSR count). The summed E-state index contributed by atoms with van der Waals surface area (Å²) in [6.45, 7) is 5.14. The molecule has 0 spiro atoms. The van der Waals surface area contributed by atoms with Crippen LogP contribution in [0, 0.1) is 6.92 Å². The summed E-state index contributed by atoms with van der Waals surface area (Å²) in [6.07, 6.45) is 0. The summed E-state index contributed by atoms with van der Waals surface area (Å²) in [7, 11) is 0. The third-order valence-corrected chi connectivity index (χ3v) is 3.26. The van der Waals surface area contributed by atoms with Crippen molar-refractivity contribution >= 4 is 11.6 Å². The molecule has 0 bridgehead atoms. The molecule has 0 aromatic heterocycles. The molecule has 0 fully saturated rings. The Kier molecular flexibility index (Phi) is 5.31. The third kappa shape index (κ3) is 3.67. The summed E-state index contributed by atoms with van der Waals surface area (Å²) >= 11 is 5.98. The van der Waals surface area contributed by atoms with Gasteiger partial charge in [0.1, 0.15) is 6.61 Å². The number of alkyl halides is 1. The first kappa shape index (κ1) is 14.7. The van der Waals surface area contributed by atoms with Crippen molar-refractivity contribution in [3.05, 3.63) is 59.2 Å². The van der Waals surface area contributed by atoms with Gasteiger partial charge in [0.05, 0.1) is 12.5 Å². The highest BCUT2D eigenvalue weighted by atomic mass is 35.5. The molecular formula is C17H19ClO2. The second-order valence-corrected chi connectivity index (χ2v) is 4.86. The van der Waals surface area contributed by atoms with Crippen molar-refractivity contribution in [2.75, 3.05) is 6.61 Å². The average Bonchev–Trinajstić information content (AvgIpc) is 2.46. The molecule has 0 unspecified atom stereocenters. The van der Waals surface area contributed by atoms with Gasteiger partial charge in [0, 0.05) is 5.56 Å². The molecule has 2 nitrogen and oxygen atoms in total. The maximum atomic E-state index is 5.98. The first-order chi connectivity index (χ1) is 9.74. The molecule has 2 aromatic rings. The Hall–Kier alpha value is -1.67. The first-order valence-electron chi connectivity index (χ1n) is 6.73. The van der Waals surface area contributed by atoms with Gasteiger partial charge < -0.3 is 9.47 Å². The number of halogens is 1. The molecule has 0 amide bonds. The lowest BCUT2D eigenvalue weighted by molar-refractivity contribution is 0.267. The average molecular weight is 291 g/mol. The molecule has 3 heteroatoms. The molecule has 0 heterocycles. The minimum absolute atomic E-state index is 0.407. The lowest BCUT2D eigenvalue weighted by Gasteiger charge is -2.15. The Bertz CT molecular complexity index is 567. The van der Waals surface area contributed by atoms with Crippen LogP contribution < -0.4 is 9.47 Å². The second kappa shape index (κ2) is 7.20. The number of para-hydroxylation sites is 1. The van der Waals surface area contributed by atoms with Gasteiger partial charge in [-0.1, -0.05) is 42.0 Å². The molecular weight excluding hydrogens is 272 g/mol. The zero-order valence-electron chi connectivity index (χ0n) is 11.9. The van der Waals surface area contributed by atoms with Gasteiger partial charge in [0.2, 0.25) is 0 Å². The fourth-order valence-corrected chi connectivity index (χ4v) is 2.27. The van der Waals surface area contributed by atoms with E-state index >= 15 is 0 Å². The van der Waals surface area contributed by atoms with Crippen LogP contribution in [0.3, 0.4) is 0 Å². The molecule has 0 aliphatic rings. The summed E-state index contributed by atoms with van der Waals surface area (Å²) in [6, 6.07) is 14.1. The van der Waals surface area contributed by atoms with Crippen LogP contribution in [0.4, 0.5) is 0 Å². The molecule has 0 N–H and O–H groups in total. The zero-order chi connectivity index (χ0) is 14.4. The SMILES string of the molecule is CCOc1cccc(CCl)c1OCc1cccc(C)c1. The largest absolute Gasteiger partial charge is 0.490 e. The zero-order valence-corrected chi connectivity index (χ0v) is 12.6. The first-order valence-corrected chi connectivity index (χ1v) is 7.27. The van der Waals surface area contributed by atoms with Crippen LogP contribution in [0.15, 0.2) is 42.5 Å². The molecule has 20 heavy (non-hydrogen) atoms. The van der Waals surface area contributed by atoms with Crippen LogP contribution >= 0.6 is 11.6 Å². The highest BCUT2D eigenvalue weighted by Crippen LogP contribution is 2.33. The highest BCUT2D eigenvalue weighted by Gasteiger charge is 2.10. The van der Waals surface area contributed by atoms with E-state index in [2.05, 4.69) is 25.1 Å². The van der Waals surface area contributed by atoms with E-state index in [-0.39, 0.29) is 0 Å². The van der Waals surface area contributed by atoms with Crippen LogP contribution in [-0.2, 0) is 12.5 Å². The number of aryl methyl sites for hydroxylation is 1. The normalized spacial score (nSPS) is 10.3. The minimum atomic E-state index is 0.407. The lowest BCUT2D eigenvalue weighted by atomic mass is 10.1. The van der Waals surface area contributed by atoms with Crippen molar-refractivity contribution in [2.45, 2.75) is 26.3 Å². The van der Waals surface area contributed by atoms with E-state index in [1.807, 2.05) is 31.2 Å². The van der Waals surface area contributed by atoms with Gasteiger partial charge in [-0.15, -0.1) is 11.6 Å². The predicted molar refractivity (Wildman–Crippen MR) is 82.7 cm³/mol. The number of hydrogen-bond acceptors (Lipinski definition) is 2. The Balaban J connectivity index is 2.19. The maximum Gasteiger partial charge on any atom is 0.166 e. The molecule has 0 atom stereocenters. The number of benzene rings is 2. The quantitative estimate of drug-likeness (QED) is 0.717. The Labute approximate surface area is 125 Å². The number of rotatable bonds is 6. The van der Waals surface area contributed by atoms with Crippen molar-refractivity contribution in [1.29, 1.82) is 0 Å². The van der Waals surface area contributed by atoms with Gasteiger partial charge in [-0.2, -0.15) is 0 Å². The summed E-state index contributed by atoms with van der Waals surface area (Å²) in [4.78, 5) is 0. The molecule has 0 radical (unpaired) electrons. The number of hydrogen-bond donors (Lipinski definition) is 0. The van der Waals surface area contributed by atoms with E-state index < -0.39 is 0 Å². The Morgan fingerprint density at radius 2 is 1.85 bits per heavy atom. The molecule has 0 saturated heterocycles. The van der Waals surface area contributed by atoms with Crippen LogP contribution in [0.2, 0.25) is 0 Å². The third-order valence-electron chi connectivity index (χ3n) is 2.97. The lowest BCUT2D eigenvalue weighted by Crippen LogP contribution is -2.02. The highest BCUT2D eigenvalue weighted by molar-refractivity contribution is 6.17. The minimum Gasteiger partial charge on any atom is -0.490 e. The van der Waals surface area contributed by atoms with E-state index in [1.165, 1.54) is 5.56 Å². The van der Waals surface area contributed by atoms with E-state index in [1.54, 1.807) is 0 Å². The van der Waals surface area contributed by atoms with Crippen LogP contribution in [0.25, 0.3) is 0 Å². The van der Waals surface area contributed by atoms with Gasteiger partial charge in [0.15, 0.2) is 11.5 Å². The van der Waals surface area contributed by atoms with Crippen molar-refractivity contribution in [3.8, 4) is 11.5 Å². The summed E-state index contributed by atoms with van der Waals surface area (Å²) in [5, 5.41) is 0. The van der Waals surface area contributed by atoms with E-state index in [4.69, 9.17) is 21.1 Å². The Morgan fingerprint density at radius 3 is 2.55 bits per heavy atom. The second-order valence-electron chi connectivity index (χ2n) is 4.59. The van der Waals surface area contributed by atoms with E-state index in [9.17, 15) is 0 Å². The van der Waals surface area contributed by atoms with Crippen LogP contribution in [0.5, 0.6) is 11.5 Å². The monoisotopic (exact) mass is 290 g/mol. The molecule has 2 aromatic carbocycles. The van der Waals surface area contributed by atoms with E-state index in [0.717, 1.165) is 22.6 Å². The molecule has 0 aliphatic heterocycles. The van der Waals surface area contributed by atoms with Gasteiger partial charge in [-0.3, -0.25) is 0 Å². The summed E-state index contributed by atoms with van der Waals surface area (Å²) in [5.74, 6) is 1.90. The topological polar surface area (TPSA) is 18.5 Å². The van der Waals surface area contributed by atoms with Crippen molar-refractivity contribution in [1.82, 2.24) is 0 Å². The van der Waals surface area contributed by atoms with Gasteiger partial charge in [-0.25, -0.2) is 0 Å². The maximum absolute atomic E-state index is 5.98. The standard InChI is InChI=1S/C17H19ClO2/c1-3-19-16-9-5-8-15(11-18)17(16)20-12-14-7-4-6-13(2)10-14/h4-10H,3,11-12H2,1-2H3. The van der Waals surface area contributed by atoms with Crippen molar-refractivity contribution in [3.63, 3.8) is 0 Å². The number of ether oxygens (including phenoxy) is 2. The fourth-order valence-electron chi connectivity index (χ4n) is 2.06. The van der Waals surface area contributed by atoms with Gasteiger partial charge >= 0.3 is 0 Å². The van der Waals surface area contributed by atoms with Crippen LogP contribution in [-0.4, -0.2) is 6.61 Å². The Morgan fingerprint density at radius 1 is 1.05 bits per heavy atom.